The van der Waals surface area contributed by atoms with Crippen molar-refractivity contribution >= 4 is 29.7 Å². The Morgan fingerprint density at radius 3 is 2.54 bits per heavy atom. The van der Waals surface area contributed by atoms with E-state index in [0.29, 0.717) is 12.1 Å². The predicted octanol–water partition coefficient (Wildman–Crippen LogP) is 3.68. The number of carbonyl (C=O) groups is 2. The summed E-state index contributed by atoms with van der Waals surface area (Å²) in [5.74, 6) is -0.407. The van der Waals surface area contributed by atoms with Gasteiger partial charge in [-0.2, -0.15) is 0 Å². The standard InChI is InChI=1S/C20H20FNO3S/c21-17-10-7-16(8-11-17)9-12-20(24)25-15-19(23)22-13-4-14-26-18-5-2-1-3-6-18/h1-3,5-12H,4,13-15H2,(H,22,23)/b12-9+. The van der Waals surface area contributed by atoms with Gasteiger partial charge >= 0.3 is 5.97 Å². The molecular weight excluding hydrogens is 353 g/mol. The van der Waals surface area contributed by atoms with Gasteiger partial charge in [0.25, 0.3) is 5.91 Å². The molecular formula is C20H20FNO3S. The molecule has 0 atom stereocenters. The Labute approximate surface area is 156 Å². The number of thioether (sulfide) groups is 1. The molecule has 0 radical (unpaired) electrons. The van der Waals surface area contributed by atoms with Gasteiger partial charge in [-0.1, -0.05) is 30.3 Å². The lowest BCUT2D eigenvalue weighted by Crippen LogP contribution is -2.29. The fraction of sp³-hybridized carbons (Fsp3) is 0.200. The minimum Gasteiger partial charge on any atom is -0.452 e. The van der Waals surface area contributed by atoms with Crippen molar-refractivity contribution in [3.63, 3.8) is 0 Å². The lowest BCUT2D eigenvalue weighted by atomic mass is 10.2. The Hall–Kier alpha value is -2.60. The van der Waals surface area contributed by atoms with Gasteiger partial charge in [-0.05, 0) is 48.1 Å². The van der Waals surface area contributed by atoms with Crippen LogP contribution in [0, 0.1) is 5.82 Å². The van der Waals surface area contributed by atoms with Crippen molar-refractivity contribution in [2.75, 3.05) is 18.9 Å². The second-order valence-corrected chi connectivity index (χ2v) is 6.53. The summed E-state index contributed by atoms with van der Waals surface area (Å²) < 4.78 is 17.6. The summed E-state index contributed by atoms with van der Waals surface area (Å²) in [6.45, 7) is 0.208. The highest BCUT2D eigenvalue weighted by molar-refractivity contribution is 7.99. The lowest BCUT2D eigenvalue weighted by molar-refractivity contribution is -0.143. The molecule has 0 fully saturated rings. The first kappa shape index (κ1) is 19.7. The van der Waals surface area contributed by atoms with Gasteiger partial charge < -0.3 is 10.1 Å². The van der Waals surface area contributed by atoms with Crippen molar-refractivity contribution in [1.29, 1.82) is 0 Å². The number of hydrogen-bond donors (Lipinski definition) is 1. The monoisotopic (exact) mass is 373 g/mol. The van der Waals surface area contributed by atoms with E-state index in [2.05, 4.69) is 5.32 Å². The van der Waals surface area contributed by atoms with E-state index >= 15 is 0 Å². The first-order valence-corrected chi connectivity index (χ1v) is 9.17. The van der Waals surface area contributed by atoms with Crippen molar-refractivity contribution in [2.45, 2.75) is 11.3 Å². The SMILES string of the molecule is O=C(COC(=O)/C=C/c1ccc(F)cc1)NCCCSc1ccccc1. The van der Waals surface area contributed by atoms with Crippen molar-refractivity contribution in [3.05, 3.63) is 72.1 Å². The van der Waals surface area contributed by atoms with E-state index < -0.39 is 5.97 Å². The smallest absolute Gasteiger partial charge is 0.331 e. The van der Waals surface area contributed by atoms with Crippen LogP contribution in [0.3, 0.4) is 0 Å². The highest BCUT2D eigenvalue weighted by atomic mass is 32.2. The largest absolute Gasteiger partial charge is 0.452 e. The summed E-state index contributed by atoms with van der Waals surface area (Å²) in [4.78, 5) is 24.4. The van der Waals surface area contributed by atoms with Gasteiger partial charge in [0.2, 0.25) is 0 Å². The molecule has 0 bridgehead atoms. The van der Waals surface area contributed by atoms with Crippen LogP contribution in [0.15, 0.2) is 65.6 Å². The Morgan fingerprint density at radius 1 is 1.08 bits per heavy atom. The number of nitrogens with one attached hydrogen (secondary N) is 1. The average Bonchev–Trinajstić information content (AvgIpc) is 2.66. The summed E-state index contributed by atoms with van der Waals surface area (Å²) >= 11 is 1.73. The van der Waals surface area contributed by atoms with E-state index in [1.807, 2.05) is 30.3 Å². The topological polar surface area (TPSA) is 55.4 Å². The van der Waals surface area contributed by atoms with Crippen LogP contribution in [-0.4, -0.2) is 30.8 Å². The number of ether oxygens (including phenoxy) is 1. The summed E-state index contributed by atoms with van der Waals surface area (Å²) in [6, 6.07) is 15.7. The molecule has 26 heavy (non-hydrogen) atoms. The van der Waals surface area contributed by atoms with E-state index in [-0.39, 0.29) is 18.3 Å². The van der Waals surface area contributed by atoms with E-state index in [1.54, 1.807) is 23.9 Å². The minimum absolute atomic E-state index is 0.321. The zero-order chi connectivity index (χ0) is 18.6. The molecule has 0 spiro atoms. The third kappa shape index (κ3) is 7.98. The normalized spacial score (nSPS) is 10.7. The number of amides is 1. The van der Waals surface area contributed by atoms with E-state index in [1.165, 1.54) is 29.2 Å². The molecule has 0 saturated carbocycles. The van der Waals surface area contributed by atoms with Crippen molar-refractivity contribution in [2.24, 2.45) is 0 Å². The molecule has 0 saturated heterocycles. The Bertz CT molecular complexity index is 732. The second kappa shape index (κ2) is 11.1. The second-order valence-electron chi connectivity index (χ2n) is 5.36. The van der Waals surface area contributed by atoms with Gasteiger partial charge in [0.05, 0.1) is 0 Å². The van der Waals surface area contributed by atoms with Crippen molar-refractivity contribution in [1.82, 2.24) is 5.32 Å². The fourth-order valence-corrected chi connectivity index (χ4v) is 2.85. The summed E-state index contributed by atoms with van der Waals surface area (Å²) in [5, 5.41) is 2.71. The predicted molar refractivity (Wildman–Crippen MR) is 101 cm³/mol. The Balaban J connectivity index is 1.56. The summed E-state index contributed by atoms with van der Waals surface area (Å²) in [6.07, 6.45) is 3.53. The molecule has 0 heterocycles. The Morgan fingerprint density at radius 2 is 1.81 bits per heavy atom. The number of benzene rings is 2. The van der Waals surface area contributed by atoms with E-state index in [4.69, 9.17) is 4.74 Å². The lowest BCUT2D eigenvalue weighted by Gasteiger charge is -2.05. The molecule has 2 aromatic rings. The maximum Gasteiger partial charge on any atom is 0.331 e. The molecule has 6 heteroatoms. The number of rotatable bonds is 9. The molecule has 0 unspecified atom stereocenters. The van der Waals surface area contributed by atoms with Gasteiger partial charge in [-0.25, -0.2) is 9.18 Å². The van der Waals surface area contributed by atoms with E-state index in [0.717, 1.165) is 12.2 Å². The number of carbonyl (C=O) groups excluding carboxylic acids is 2. The van der Waals surface area contributed by atoms with Gasteiger partial charge in [0, 0.05) is 17.5 Å². The molecule has 0 aliphatic heterocycles. The molecule has 2 rings (SSSR count). The molecule has 1 amide bonds. The van der Waals surface area contributed by atoms with Crippen LogP contribution in [-0.2, 0) is 14.3 Å². The molecule has 0 aromatic heterocycles. The van der Waals surface area contributed by atoms with Crippen LogP contribution < -0.4 is 5.32 Å². The van der Waals surface area contributed by atoms with Crippen LogP contribution in [0.5, 0.6) is 0 Å². The fourth-order valence-electron chi connectivity index (χ4n) is 1.98. The highest BCUT2D eigenvalue weighted by Gasteiger charge is 2.04. The molecule has 2 aromatic carbocycles. The first-order chi connectivity index (χ1) is 12.6. The molecule has 1 N–H and O–H groups in total. The molecule has 0 aliphatic carbocycles. The minimum atomic E-state index is -0.621. The maximum atomic E-state index is 12.8. The van der Waals surface area contributed by atoms with Crippen LogP contribution in [0.1, 0.15) is 12.0 Å². The molecule has 4 nitrogen and oxygen atoms in total. The van der Waals surface area contributed by atoms with Crippen molar-refractivity contribution in [3.8, 4) is 0 Å². The highest BCUT2D eigenvalue weighted by Crippen LogP contribution is 2.17. The van der Waals surface area contributed by atoms with Gasteiger partial charge in [0.15, 0.2) is 6.61 Å². The number of halogens is 1. The van der Waals surface area contributed by atoms with Gasteiger partial charge in [-0.15, -0.1) is 11.8 Å². The average molecular weight is 373 g/mol. The summed E-state index contributed by atoms with van der Waals surface area (Å²) in [5.41, 5.74) is 0.670. The van der Waals surface area contributed by atoms with Crippen molar-refractivity contribution < 1.29 is 18.7 Å². The zero-order valence-corrected chi connectivity index (χ0v) is 15.0. The van der Waals surface area contributed by atoms with Crippen LogP contribution in [0.4, 0.5) is 4.39 Å². The summed E-state index contributed by atoms with van der Waals surface area (Å²) in [7, 11) is 0. The van der Waals surface area contributed by atoms with Gasteiger partial charge in [-0.3, -0.25) is 4.79 Å². The number of esters is 1. The quantitative estimate of drug-likeness (QED) is 0.315. The molecule has 0 aliphatic rings. The van der Waals surface area contributed by atoms with E-state index in [9.17, 15) is 14.0 Å². The van der Waals surface area contributed by atoms with Gasteiger partial charge in [0.1, 0.15) is 5.82 Å². The maximum absolute atomic E-state index is 12.8. The van der Waals surface area contributed by atoms with Crippen LogP contribution in [0.25, 0.3) is 6.08 Å². The third-order valence-electron chi connectivity index (χ3n) is 3.28. The first-order valence-electron chi connectivity index (χ1n) is 8.18. The number of hydrogen-bond acceptors (Lipinski definition) is 4. The molecule has 136 valence electrons. The van der Waals surface area contributed by atoms with Crippen LogP contribution in [0.2, 0.25) is 0 Å². The Kier molecular flexibility index (Phi) is 8.42. The zero-order valence-electron chi connectivity index (χ0n) is 14.2. The third-order valence-corrected chi connectivity index (χ3v) is 4.38. The van der Waals surface area contributed by atoms with Crippen LogP contribution >= 0.6 is 11.8 Å².